The van der Waals surface area contributed by atoms with Crippen LogP contribution >= 0.6 is 0 Å². The van der Waals surface area contributed by atoms with Gasteiger partial charge < -0.3 is 15.5 Å². The molecule has 0 fully saturated rings. The molecule has 3 rings (SSSR count). The van der Waals surface area contributed by atoms with E-state index in [1.165, 1.54) is 13.3 Å². The Morgan fingerprint density at radius 3 is 2.56 bits per heavy atom. The number of carbonyl (C=O) groups excluding carboxylic acids is 1. The van der Waals surface area contributed by atoms with Crippen LogP contribution in [0.25, 0.3) is 11.5 Å². The number of ether oxygens (including phenoxy) is 1. The number of methoxy groups -OCH3 is 1. The lowest BCUT2D eigenvalue weighted by Crippen LogP contribution is -2.29. The van der Waals surface area contributed by atoms with Gasteiger partial charge >= 0.3 is 0 Å². The Labute approximate surface area is 142 Å². The van der Waals surface area contributed by atoms with Crippen LogP contribution in [0.15, 0.2) is 53.5 Å². The average Bonchev–Trinajstić information content (AvgIpc) is 2.63. The van der Waals surface area contributed by atoms with Crippen molar-refractivity contribution in [3.8, 4) is 11.5 Å². The molecule has 2 heterocycles. The molecule has 0 aliphatic rings. The maximum absolute atomic E-state index is 12.4. The number of aromatic nitrogens is 4. The molecule has 0 bridgehead atoms. The lowest BCUT2D eigenvalue weighted by Gasteiger charge is -2.18. The lowest BCUT2D eigenvalue weighted by atomic mass is 10.0. The smallest absolute Gasteiger partial charge is 0.264 e. The van der Waals surface area contributed by atoms with Crippen molar-refractivity contribution in [2.24, 2.45) is 5.73 Å². The van der Waals surface area contributed by atoms with Crippen molar-refractivity contribution in [3.63, 3.8) is 0 Å². The van der Waals surface area contributed by atoms with Crippen LogP contribution in [0.2, 0.25) is 0 Å². The molecule has 1 amide bonds. The van der Waals surface area contributed by atoms with Gasteiger partial charge in [-0.25, -0.2) is 4.98 Å². The fourth-order valence-corrected chi connectivity index (χ4v) is 2.50. The maximum Gasteiger partial charge on any atom is 0.264 e. The van der Waals surface area contributed by atoms with Crippen molar-refractivity contribution in [2.75, 3.05) is 7.11 Å². The van der Waals surface area contributed by atoms with E-state index in [1.807, 2.05) is 30.3 Å². The van der Waals surface area contributed by atoms with Crippen LogP contribution in [0.4, 0.5) is 0 Å². The van der Waals surface area contributed by atoms with Gasteiger partial charge in [-0.15, -0.1) is 5.10 Å². The second kappa shape index (κ2) is 7.02. The molecule has 0 aliphatic heterocycles. The number of nitrogens with two attached hydrogens (primary N) is 1. The third-order valence-corrected chi connectivity index (χ3v) is 3.60. The van der Waals surface area contributed by atoms with Gasteiger partial charge in [0.1, 0.15) is 17.4 Å². The summed E-state index contributed by atoms with van der Waals surface area (Å²) in [4.78, 5) is 31.2. The van der Waals surface area contributed by atoms with Crippen LogP contribution in [-0.4, -0.2) is 33.2 Å². The highest BCUT2D eigenvalue weighted by atomic mass is 16.5. The molecule has 1 aromatic carbocycles. The number of carbonyl (C=O) groups is 1. The van der Waals surface area contributed by atoms with Gasteiger partial charge in [-0.1, -0.05) is 30.3 Å². The first-order valence-electron chi connectivity index (χ1n) is 7.41. The number of hydrogen-bond donors (Lipinski definition) is 2. The van der Waals surface area contributed by atoms with E-state index in [4.69, 9.17) is 10.5 Å². The molecule has 1 atom stereocenters. The number of nitrogens with zero attached hydrogens (tertiary/aromatic N) is 3. The fraction of sp³-hybridized carbons (Fsp3) is 0.118. The van der Waals surface area contributed by atoms with E-state index >= 15 is 0 Å². The minimum atomic E-state index is -0.882. The number of primary amides is 1. The van der Waals surface area contributed by atoms with Gasteiger partial charge in [0, 0.05) is 13.3 Å². The van der Waals surface area contributed by atoms with Crippen LogP contribution in [0.1, 0.15) is 27.7 Å². The average molecular weight is 337 g/mol. The first kappa shape index (κ1) is 16.5. The zero-order chi connectivity index (χ0) is 17.8. The monoisotopic (exact) mass is 337 g/mol. The summed E-state index contributed by atoms with van der Waals surface area (Å²) in [6.07, 6.45) is 0.767. The number of aromatic amines is 1. The molecule has 0 aliphatic carbocycles. The first-order valence-corrected chi connectivity index (χ1v) is 7.41. The Bertz CT molecular complexity index is 942. The molecule has 126 valence electrons. The van der Waals surface area contributed by atoms with Crippen LogP contribution in [0, 0.1) is 0 Å². The molecule has 0 saturated heterocycles. The first-order chi connectivity index (χ1) is 12.1. The van der Waals surface area contributed by atoms with Gasteiger partial charge in [0.05, 0.1) is 5.69 Å². The van der Waals surface area contributed by atoms with E-state index in [0.29, 0.717) is 5.69 Å². The molecule has 3 N–H and O–H groups in total. The predicted molar refractivity (Wildman–Crippen MR) is 89.7 cm³/mol. The summed E-state index contributed by atoms with van der Waals surface area (Å²) in [7, 11) is 1.47. The predicted octanol–water partition coefficient (Wildman–Crippen LogP) is 1.06. The minimum absolute atomic E-state index is 0.130. The third-order valence-electron chi connectivity index (χ3n) is 3.60. The number of rotatable bonds is 5. The van der Waals surface area contributed by atoms with E-state index in [2.05, 4.69) is 20.2 Å². The number of amides is 1. The van der Waals surface area contributed by atoms with Crippen molar-refractivity contribution in [2.45, 2.75) is 6.10 Å². The van der Waals surface area contributed by atoms with Gasteiger partial charge in [-0.3, -0.25) is 9.59 Å². The lowest BCUT2D eigenvalue weighted by molar-refractivity contribution is 0.0982. The van der Waals surface area contributed by atoms with E-state index in [1.54, 1.807) is 12.1 Å². The molecule has 25 heavy (non-hydrogen) atoms. The SMILES string of the molecule is COC(c1ccccc1)c1nc(-c2cccnn2)[nH]c(=O)c1C(N)=O. The Balaban J connectivity index is 2.24. The normalized spacial score (nSPS) is 11.9. The Morgan fingerprint density at radius 1 is 1.20 bits per heavy atom. The molecular weight excluding hydrogens is 322 g/mol. The molecule has 0 saturated carbocycles. The van der Waals surface area contributed by atoms with Gasteiger partial charge in [-0.05, 0) is 17.7 Å². The van der Waals surface area contributed by atoms with Crippen molar-refractivity contribution in [3.05, 3.63) is 75.8 Å². The molecule has 3 aromatic rings. The summed E-state index contributed by atoms with van der Waals surface area (Å²) in [6.45, 7) is 0. The summed E-state index contributed by atoms with van der Waals surface area (Å²) in [5.74, 6) is -0.705. The minimum Gasteiger partial charge on any atom is -0.370 e. The van der Waals surface area contributed by atoms with Crippen LogP contribution in [0.5, 0.6) is 0 Å². The zero-order valence-corrected chi connectivity index (χ0v) is 13.3. The summed E-state index contributed by atoms with van der Waals surface area (Å²) in [6, 6.07) is 12.4. The largest absolute Gasteiger partial charge is 0.370 e. The van der Waals surface area contributed by atoms with Gasteiger partial charge in [0.2, 0.25) is 0 Å². The van der Waals surface area contributed by atoms with E-state index in [9.17, 15) is 9.59 Å². The number of benzene rings is 1. The molecule has 2 aromatic heterocycles. The Morgan fingerprint density at radius 2 is 1.96 bits per heavy atom. The van der Waals surface area contributed by atoms with Crippen molar-refractivity contribution in [1.29, 1.82) is 0 Å². The standard InChI is InChI=1S/C17H15N5O3/c1-25-14(10-6-3-2-4-7-10)13-12(15(18)23)17(24)21-16(20-13)11-8-5-9-19-22-11/h2-9,14H,1H3,(H2,18,23)(H,20,21,24). The summed E-state index contributed by atoms with van der Waals surface area (Å²) < 4.78 is 5.50. The summed E-state index contributed by atoms with van der Waals surface area (Å²) >= 11 is 0. The van der Waals surface area contributed by atoms with E-state index in [0.717, 1.165) is 5.56 Å². The topological polar surface area (TPSA) is 124 Å². The second-order valence-corrected chi connectivity index (χ2v) is 5.17. The van der Waals surface area contributed by atoms with Crippen molar-refractivity contribution < 1.29 is 9.53 Å². The highest BCUT2D eigenvalue weighted by Gasteiger charge is 2.25. The molecule has 0 spiro atoms. The van der Waals surface area contributed by atoms with Crippen LogP contribution in [-0.2, 0) is 4.74 Å². The number of nitrogens with one attached hydrogen (secondary N) is 1. The molecular formula is C17H15N5O3. The van der Waals surface area contributed by atoms with Gasteiger partial charge in [0.25, 0.3) is 11.5 Å². The Kier molecular flexibility index (Phi) is 4.62. The molecule has 8 nitrogen and oxygen atoms in total. The fourth-order valence-electron chi connectivity index (χ4n) is 2.50. The Hall–Kier alpha value is -3.39. The number of H-pyrrole nitrogens is 1. The molecule has 0 radical (unpaired) electrons. The second-order valence-electron chi connectivity index (χ2n) is 5.17. The van der Waals surface area contributed by atoms with E-state index in [-0.39, 0.29) is 17.1 Å². The van der Waals surface area contributed by atoms with Gasteiger partial charge in [-0.2, -0.15) is 5.10 Å². The quantitative estimate of drug-likeness (QED) is 0.717. The zero-order valence-electron chi connectivity index (χ0n) is 13.3. The molecule has 1 unspecified atom stereocenters. The van der Waals surface area contributed by atoms with Crippen molar-refractivity contribution in [1.82, 2.24) is 20.2 Å². The summed E-state index contributed by atoms with van der Waals surface area (Å²) in [5.41, 5.74) is 5.71. The third kappa shape index (κ3) is 3.29. The van der Waals surface area contributed by atoms with Crippen LogP contribution in [0.3, 0.4) is 0 Å². The highest BCUT2D eigenvalue weighted by Crippen LogP contribution is 2.26. The van der Waals surface area contributed by atoms with Crippen LogP contribution < -0.4 is 11.3 Å². The molecule has 8 heteroatoms. The highest BCUT2D eigenvalue weighted by molar-refractivity contribution is 5.93. The summed E-state index contributed by atoms with van der Waals surface area (Å²) in [5, 5.41) is 7.69. The van der Waals surface area contributed by atoms with Crippen molar-refractivity contribution >= 4 is 5.91 Å². The van der Waals surface area contributed by atoms with E-state index < -0.39 is 17.6 Å². The number of hydrogen-bond acceptors (Lipinski definition) is 6. The van der Waals surface area contributed by atoms with Gasteiger partial charge in [0.15, 0.2) is 5.82 Å². The maximum atomic E-state index is 12.4.